The molecule has 3 aliphatic rings. The van der Waals surface area contributed by atoms with E-state index in [0.717, 1.165) is 55.9 Å². The van der Waals surface area contributed by atoms with E-state index < -0.39 is 0 Å². The van der Waals surface area contributed by atoms with Crippen molar-refractivity contribution >= 4 is 76.3 Å². The smallest absolute Gasteiger partial charge is 0.160 e. The first kappa shape index (κ1) is 53.3. The molecular formula is C89H63N5. The maximum atomic E-state index is 5.73. The van der Waals surface area contributed by atoms with Gasteiger partial charge in [0.2, 0.25) is 0 Å². The molecule has 3 aliphatic carbocycles. The second kappa shape index (κ2) is 18.9. The Hall–Kier alpha value is -11.4. The predicted molar refractivity (Wildman–Crippen MR) is 392 cm³/mol. The molecule has 0 unspecified atom stereocenters. The molecule has 0 saturated heterocycles. The molecule has 0 atom stereocenters. The number of hydrogen-bond acceptors (Lipinski definition) is 2. The molecule has 0 bridgehead atoms. The minimum Gasteiger partial charge on any atom is -0.309 e. The van der Waals surface area contributed by atoms with Crippen LogP contribution in [0.4, 0.5) is 0 Å². The topological polar surface area (TPSA) is 40.6 Å². The highest BCUT2D eigenvalue weighted by molar-refractivity contribution is 6.14. The summed E-state index contributed by atoms with van der Waals surface area (Å²) in [5.41, 5.74) is 32.1. The van der Waals surface area contributed by atoms with Gasteiger partial charge in [-0.3, -0.25) is 0 Å². The van der Waals surface area contributed by atoms with Crippen molar-refractivity contribution in [3.8, 4) is 84.2 Å². The van der Waals surface area contributed by atoms with E-state index in [1.165, 1.54) is 132 Å². The lowest BCUT2D eigenvalue weighted by molar-refractivity contribution is 0.661. The summed E-state index contributed by atoms with van der Waals surface area (Å²) in [6, 6.07) is 102. The van der Waals surface area contributed by atoms with Gasteiger partial charge in [0.05, 0.1) is 44.3 Å². The monoisotopic (exact) mass is 1200 g/mol. The molecule has 13 aromatic carbocycles. The maximum Gasteiger partial charge on any atom is 0.160 e. The van der Waals surface area contributed by atoms with Gasteiger partial charge < -0.3 is 13.7 Å². The molecule has 4 aromatic heterocycles. The molecule has 0 N–H and O–H groups in total. The third kappa shape index (κ3) is 7.24. The Labute approximate surface area is 545 Å². The van der Waals surface area contributed by atoms with Crippen molar-refractivity contribution in [2.24, 2.45) is 0 Å². The zero-order valence-electron chi connectivity index (χ0n) is 53.2. The molecule has 0 radical (unpaired) electrons. The van der Waals surface area contributed by atoms with E-state index in [1.807, 2.05) is 0 Å². The lowest BCUT2D eigenvalue weighted by atomic mass is 9.82. The van der Waals surface area contributed by atoms with Crippen LogP contribution in [-0.4, -0.2) is 23.7 Å². The molecule has 17 aromatic rings. The van der Waals surface area contributed by atoms with E-state index in [2.05, 4.69) is 328 Å². The summed E-state index contributed by atoms with van der Waals surface area (Å²) >= 11 is 0. The fraction of sp³-hybridized carbons (Fsp3) is 0.101. The first-order chi connectivity index (χ1) is 45.9. The zero-order chi connectivity index (χ0) is 62.7. The van der Waals surface area contributed by atoms with Gasteiger partial charge in [-0.25, -0.2) is 9.97 Å². The van der Waals surface area contributed by atoms with E-state index in [0.29, 0.717) is 5.82 Å². The van der Waals surface area contributed by atoms with E-state index >= 15 is 0 Å². The lowest BCUT2D eigenvalue weighted by Gasteiger charge is -2.21. The van der Waals surface area contributed by atoms with Crippen LogP contribution in [-0.2, 0) is 16.2 Å². The highest BCUT2D eigenvalue weighted by Gasteiger charge is 2.39. The number of fused-ring (bicyclic) bond motifs is 19. The Morgan fingerprint density at radius 2 is 0.617 bits per heavy atom. The first-order valence-corrected chi connectivity index (χ1v) is 33.0. The van der Waals surface area contributed by atoms with Gasteiger partial charge >= 0.3 is 0 Å². The molecular weight excluding hydrogens is 1140 g/mol. The molecule has 5 nitrogen and oxygen atoms in total. The van der Waals surface area contributed by atoms with Crippen molar-refractivity contribution in [1.29, 1.82) is 0 Å². The van der Waals surface area contributed by atoms with Crippen LogP contribution in [0.15, 0.2) is 273 Å². The average Bonchev–Trinajstić information content (AvgIpc) is 1.56. The summed E-state index contributed by atoms with van der Waals surface area (Å²) in [5, 5.41) is 8.50. The number of benzene rings is 13. The van der Waals surface area contributed by atoms with Gasteiger partial charge in [0.25, 0.3) is 0 Å². The summed E-state index contributed by atoms with van der Waals surface area (Å²) in [7, 11) is 0. The van der Waals surface area contributed by atoms with Gasteiger partial charge in [-0.05, 0) is 181 Å². The molecule has 20 rings (SSSR count). The van der Waals surface area contributed by atoms with Gasteiger partial charge in [-0.2, -0.15) is 0 Å². The summed E-state index contributed by atoms with van der Waals surface area (Å²) in [4.78, 5) is 11.3. The lowest BCUT2D eigenvalue weighted by Crippen LogP contribution is -2.14. The number of hydrogen-bond donors (Lipinski definition) is 0. The standard InChI is InChI=1S/C89H63N5/c1-87(2)72-31-13-7-25-59(72)65-49-82-68(46-75(65)87)62-28-10-16-34-79(62)92(82)56-40-37-52(38-41-56)85-71-45-54(53-21-19-23-57(43-53)93-80-35-17-11-29-63(80)69-47-76-66(50-83(69)93)60-26-8-14-32-73(60)88(76,3)4)39-42-78(71)90-86(91-85)55-22-20-24-58(44-55)94-81-36-18-12-30-64(81)70-48-77-67(51-84(70)94)61-27-9-15-33-74(61)89(77,5)6/h7-51H,1-6H3. The largest absolute Gasteiger partial charge is 0.309 e. The Balaban J connectivity index is 0.758. The summed E-state index contributed by atoms with van der Waals surface area (Å²) in [6.07, 6.45) is 0. The van der Waals surface area contributed by atoms with Gasteiger partial charge in [-0.15, -0.1) is 0 Å². The first-order valence-electron chi connectivity index (χ1n) is 33.0. The van der Waals surface area contributed by atoms with E-state index in [4.69, 9.17) is 9.97 Å². The number of para-hydroxylation sites is 3. The average molecular weight is 1200 g/mol. The molecule has 0 fully saturated rings. The Morgan fingerprint density at radius 1 is 0.234 bits per heavy atom. The molecule has 0 aliphatic heterocycles. The second-order valence-electron chi connectivity index (χ2n) is 28.1. The van der Waals surface area contributed by atoms with Crippen LogP contribution in [0.5, 0.6) is 0 Å². The van der Waals surface area contributed by atoms with Crippen molar-refractivity contribution in [3.05, 3.63) is 306 Å². The third-order valence-corrected chi connectivity index (χ3v) is 22.0. The predicted octanol–water partition coefficient (Wildman–Crippen LogP) is 22.8. The van der Waals surface area contributed by atoms with Crippen molar-refractivity contribution in [1.82, 2.24) is 23.7 Å². The number of aromatic nitrogens is 5. The van der Waals surface area contributed by atoms with Crippen molar-refractivity contribution in [3.63, 3.8) is 0 Å². The molecule has 444 valence electrons. The zero-order valence-corrected chi connectivity index (χ0v) is 53.2. The SMILES string of the molecule is CC1(C)c2ccccc2-c2cc3c(cc21)c1ccccc1n3-c1ccc(-c2nc(-c3cccc(-n4c5ccccc5c5cc6c(cc54)-c4ccccc4C6(C)C)c3)nc3ccc(-c4cccc(-n5c6ccccc6c6cc7c(cc65)-c5ccccc5C7(C)C)c4)cc23)cc1. The Bertz CT molecular complexity index is 6200. The quantitative estimate of drug-likeness (QED) is 0.166. The van der Waals surface area contributed by atoms with Crippen LogP contribution in [0, 0.1) is 0 Å². The van der Waals surface area contributed by atoms with E-state index in [1.54, 1.807) is 0 Å². The van der Waals surface area contributed by atoms with Crippen LogP contribution in [0.1, 0.15) is 74.9 Å². The molecule has 94 heavy (non-hydrogen) atoms. The van der Waals surface area contributed by atoms with Crippen molar-refractivity contribution < 1.29 is 0 Å². The van der Waals surface area contributed by atoms with Crippen molar-refractivity contribution in [2.75, 3.05) is 0 Å². The molecule has 0 spiro atoms. The van der Waals surface area contributed by atoms with Crippen LogP contribution >= 0.6 is 0 Å². The van der Waals surface area contributed by atoms with E-state index in [-0.39, 0.29) is 16.2 Å². The summed E-state index contributed by atoms with van der Waals surface area (Å²) in [6.45, 7) is 14.2. The van der Waals surface area contributed by atoms with Gasteiger partial charge in [0.15, 0.2) is 5.82 Å². The third-order valence-electron chi connectivity index (χ3n) is 22.0. The Morgan fingerprint density at radius 3 is 1.09 bits per heavy atom. The minimum atomic E-state index is -0.115. The summed E-state index contributed by atoms with van der Waals surface area (Å²) < 4.78 is 7.36. The normalized spacial score (nSPS) is 14.5. The summed E-state index contributed by atoms with van der Waals surface area (Å²) in [5.74, 6) is 0.670. The molecule has 0 saturated carbocycles. The van der Waals surface area contributed by atoms with Crippen LogP contribution in [0.25, 0.3) is 161 Å². The van der Waals surface area contributed by atoms with Crippen molar-refractivity contribution in [2.45, 2.75) is 57.8 Å². The van der Waals surface area contributed by atoms with E-state index in [9.17, 15) is 0 Å². The fourth-order valence-corrected chi connectivity index (χ4v) is 17.4. The van der Waals surface area contributed by atoms with Crippen LogP contribution < -0.4 is 0 Å². The number of rotatable bonds is 6. The maximum absolute atomic E-state index is 5.73. The van der Waals surface area contributed by atoms with Gasteiger partial charge in [-0.1, -0.05) is 211 Å². The minimum absolute atomic E-state index is 0.104. The van der Waals surface area contributed by atoms with Gasteiger partial charge in [0.1, 0.15) is 0 Å². The van der Waals surface area contributed by atoms with Gasteiger partial charge in [0, 0.05) is 82.1 Å². The fourth-order valence-electron chi connectivity index (χ4n) is 17.4. The molecule has 4 heterocycles. The molecule has 0 amide bonds. The molecule has 5 heteroatoms. The second-order valence-corrected chi connectivity index (χ2v) is 28.1. The Kier molecular flexibility index (Phi) is 10.7. The van der Waals surface area contributed by atoms with Crippen LogP contribution in [0.3, 0.4) is 0 Å². The highest BCUT2D eigenvalue weighted by Crippen LogP contribution is 2.55. The number of nitrogens with zero attached hydrogens (tertiary/aromatic N) is 5. The highest BCUT2D eigenvalue weighted by atomic mass is 15.0. The van der Waals surface area contributed by atoms with Crippen LogP contribution in [0.2, 0.25) is 0 Å².